The summed E-state index contributed by atoms with van der Waals surface area (Å²) in [5, 5.41) is 5.80. The molecule has 1 amide bonds. The number of aryl methyl sites for hydroxylation is 1. The Balaban J connectivity index is 2.24. The monoisotopic (exact) mass is 376 g/mol. The molecule has 0 fully saturated rings. The fourth-order valence-electron chi connectivity index (χ4n) is 2.38. The molecule has 27 heavy (non-hydrogen) atoms. The van der Waals surface area contributed by atoms with Crippen LogP contribution in [0.2, 0.25) is 0 Å². The van der Waals surface area contributed by atoms with Gasteiger partial charge < -0.3 is 29.6 Å². The Morgan fingerprint density at radius 1 is 1.00 bits per heavy atom. The molecule has 0 radical (unpaired) electrons. The Hall–Kier alpha value is -3.07. The highest BCUT2D eigenvalue weighted by atomic mass is 16.5. The lowest BCUT2D eigenvalue weighted by atomic mass is 10.2. The molecule has 1 aromatic carbocycles. The van der Waals surface area contributed by atoms with Gasteiger partial charge in [-0.3, -0.25) is 4.79 Å². The van der Waals surface area contributed by atoms with Crippen LogP contribution in [-0.4, -0.2) is 57.5 Å². The van der Waals surface area contributed by atoms with E-state index in [-0.39, 0.29) is 11.6 Å². The molecule has 2 rings (SSSR count). The number of aromatic nitrogens is 2. The summed E-state index contributed by atoms with van der Waals surface area (Å²) in [5.41, 5.74) is 1.38. The van der Waals surface area contributed by atoms with Crippen molar-refractivity contribution in [2.24, 2.45) is 0 Å². The van der Waals surface area contributed by atoms with Crippen molar-refractivity contribution in [1.29, 1.82) is 0 Å². The van der Waals surface area contributed by atoms with Gasteiger partial charge in [-0.25, -0.2) is 9.97 Å². The average molecular weight is 376 g/mol. The number of nitrogens with zero attached hydrogens (tertiary/aromatic N) is 2. The molecule has 0 bridgehead atoms. The summed E-state index contributed by atoms with van der Waals surface area (Å²) >= 11 is 0. The van der Waals surface area contributed by atoms with Gasteiger partial charge in [0.05, 0.1) is 27.9 Å². The number of hydrogen-bond acceptors (Lipinski definition) is 8. The van der Waals surface area contributed by atoms with Gasteiger partial charge in [-0.15, -0.1) is 0 Å². The average Bonchev–Trinajstić information content (AvgIpc) is 2.66. The van der Waals surface area contributed by atoms with Crippen LogP contribution in [0.3, 0.4) is 0 Å². The molecule has 2 N–H and O–H groups in total. The summed E-state index contributed by atoms with van der Waals surface area (Å²) in [7, 11) is 6.14. The first-order valence-electron chi connectivity index (χ1n) is 8.22. The Labute approximate surface area is 158 Å². The molecular formula is C18H24N4O5. The number of carbonyl (C=O) groups excluding carboxylic acids is 1. The maximum absolute atomic E-state index is 12.6. The standard InChI is InChI=1S/C18H24N4O5/c1-11-8-13(22-18(20-11)19-6-7-24-2)17(23)21-12-9-14(25-3)16(27-5)15(10-12)26-4/h8-10H,6-7H2,1-5H3,(H,21,23)(H,19,20,22). The predicted octanol–water partition coefficient (Wildman–Crippen LogP) is 2.12. The van der Waals surface area contributed by atoms with E-state index in [2.05, 4.69) is 20.6 Å². The van der Waals surface area contributed by atoms with E-state index in [4.69, 9.17) is 18.9 Å². The van der Waals surface area contributed by atoms with Gasteiger partial charge >= 0.3 is 0 Å². The van der Waals surface area contributed by atoms with Crippen LogP contribution in [0.5, 0.6) is 17.2 Å². The number of hydrogen-bond donors (Lipinski definition) is 2. The summed E-state index contributed by atoms with van der Waals surface area (Å²) in [6, 6.07) is 4.89. The van der Waals surface area contributed by atoms with Crippen molar-refractivity contribution in [3.05, 3.63) is 29.6 Å². The summed E-state index contributed by atoms with van der Waals surface area (Å²) in [5.74, 6) is 1.30. The molecule has 2 aromatic rings. The molecule has 1 aromatic heterocycles. The molecule has 9 nitrogen and oxygen atoms in total. The molecular weight excluding hydrogens is 352 g/mol. The van der Waals surface area contributed by atoms with Crippen LogP contribution in [0.4, 0.5) is 11.6 Å². The number of amides is 1. The van der Waals surface area contributed by atoms with Gasteiger partial charge in [0.1, 0.15) is 5.69 Å². The van der Waals surface area contributed by atoms with Crippen molar-refractivity contribution in [3.8, 4) is 17.2 Å². The van der Waals surface area contributed by atoms with Crippen LogP contribution in [0.15, 0.2) is 18.2 Å². The van der Waals surface area contributed by atoms with Gasteiger partial charge in [0.15, 0.2) is 11.5 Å². The lowest BCUT2D eigenvalue weighted by molar-refractivity contribution is 0.102. The Morgan fingerprint density at radius 3 is 2.22 bits per heavy atom. The molecule has 0 spiro atoms. The molecule has 0 aliphatic rings. The minimum Gasteiger partial charge on any atom is -0.493 e. The molecule has 0 aliphatic heterocycles. The molecule has 146 valence electrons. The van der Waals surface area contributed by atoms with Gasteiger partial charge in [-0.2, -0.15) is 0 Å². The third-order valence-corrected chi connectivity index (χ3v) is 3.60. The van der Waals surface area contributed by atoms with E-state index in [1.807, 2.05) is 0 Å². The minimum absolute atomic E-state index is 0.233. The van der Waals surface area contributed by atoms with Crippen molar-refractivity contribution in [3.63, 3.8) is 0 Å². The van der Waals surface area contributed by atoms with Gasteiger partial charge in [0, 0.05) is 37.2 Å². The zero-order valence-corrected chi connectivity index (χ0v) is 16.1. The van der Waals surface area contributed by atoms with Crippen LogP contribution in [0.1, 0.15) is 16.2 Å². The second-order valence-electron chi connectivity index (χ2n) is 5.51. The smallest absolute Gasteiger partial charge is 0.274 e. The van der Waals surface area contributed by atoms with Crippen molar-refractivity contribution in [2.75, 3.05) is 52.2 Å². The Kier molecular flexibility index (Phi) is 7.18. The summed E-state index contributed by atoms with van der Waals surface area (Å²) in [4.78, 5) is 21.1. The number of nitrogens with one attached hydrogen (secondary N) is 2. The number of carbonyl (C=O) groups is 1. The first kappa shape index (κ1) is 20.2. The lowest BCUT2D eigenvalue weighted by Crippen LogP contribution is -2.17. The maximum Gasteiger partial charge on any atom is 0.274 e. The molecule has 9 heteroatoms. The van der Waals surface area contributed by atoms with E-state index in [0.29, 0.717) is 47.7 Å². The number of methoxy groups -OCH3 is 4. The normalized spacial score (nSPS) is 10.3. The van der Waals surface area contributed by atoms with Crippen LogP contribution in [0, 0.1) is 6.92 Å². The number of anilines is 2. The van der Waals surface area contributed by atoms with E-state index >= 15 is 0 Å². The topological polar surface area (TPSA) is 104 Å². The van der Waals surface area contributed by atoms with Gasteiger partial charge in [0.25, 0.3) is 5.91 Å². The van der Waals surface area contributed by atoms with Crippen LogP contribution in [-0.2, 0) is 4.74 Å². The fourth-order valence-corrected chi connectivity index (χ4v) is 2.38. The van der Waals surface area contributed by atoms with Crippen LogP contribution >= 0.6 is 0 Å². The SMILES string of the molecule is COCCNc1nc(C)cc(C(=O)Nc2cc(OC)c(OC)c(OC)c2)n1. The highest BCUT2D eigenvalue weighted by molar-refractivity contribution is 6.03. The predicted molar refractivity (Wildman–Crippen MR) is 101 cm³/mol. The minimum atomic E-state index is -0.385. The quantitative estimate of drug-likeness (QED) is 0.642. The second kappa shape index (κ2) is 9.58. The Bertz CT molecular complexity index is 772. The van der Waals surface area contributed by atoms with E-state index in [0.717, 1.165) is 0 Å². The maximum atomic E-state index is 12.6. The van der Waals surface area contributed by atoms with Gasteiger partial charge in [-0.05, 0) is 13.0 Å². The van der Waals surface area contributed by atoms with E-state index in [9.17, 15) is 4.79 Å². The number of rotatable bonds is 9. The summed E-state index contributed by atoms with van der Waals surface area (Å²) < 4.78 is 20.9. The number of benzene rings is 1. The van der Waals surface area contributed by atoms with Gasteiger partial charge in [0.2, 0.25) is 11.7 Å². The van der Waals surface area contributed by atoms with E-state index in [1.165, 1.54) is 21.3 Å². The molecule has 0 unspecified atom stereocenters. The molecule has 0 saturated heterocycles. The third kappa shape index (κ3) is 5.20. The number of ether oxygens (including phenoxy) is 4. The van der Waals surface area contributed by atoms with Crippen LogP contribution < -0.4 is 24.8 Å². The Morgan fingerprint density at radius 2 is 1.67 bits per heavy atom. The van der Waals surface area contributed by atoms with Gasteiger partial charge in [-0.1, -0.05) is 0 Å². The third-order valence-electron chi connectivity index (χ3n) is 3.60. The first-order chi connectivity index (χ1) is 13.0. The lowest BCUT2D eigenvalue weighted by Gasteiger charge is -2.14. The van der Waals surface area contributed by atoms with Crippen molar-refractivity contribution < 1.29 is 23.7 Å². The fraction of sp³-hybridized carbons (Fsp3) is 0.389. The highest BCUT2D eigenvalue weighted by Crippen LogP contribution is 2.39. The second-order valence-corrected chi connectivity index (χ2v) is 5.51. The van der Waals surface area contributed by atoms with Crippen molar-refractivity contribution >= 4 is 17.5 Å². The molecule has 0 aliphatic carbocycles. The van der Waals surface area contributed by atoms with E-state index < -0.39 is 0 Å². The van der Waals surface area contributed by atoms with Crippen LogP contribution in [0.25, 0.3) is 0 Å². The zero-order chi connectivity index (χ0) is 19.8. The van der Waals surface area contributed by atoms with E-state index in [1.54, 1.807) is 32.2 Å². The first-order valence-corrected chi connectivity index (χ1v) is 8.22. The summed E-state index contributed by atoms with van der Waals surface area (Å²) in [6.45, 7) is 2.83. The molecule has 0 saturated carbocycles. The van der Waals surface area contributed by atoms with Crippen molar-refractivity contribution in [1.82, 2.24) is 9.97 Å². The largest absolute Gasteiger partial charge is 0.493 e. The van der Waals surface area contributed by atoms with Crippen molar-refractivity contribution in [2.45, 2.75) is 6.92 Å². The molecule has 0 atom stereocenters. The highest BCUT2D eigenvalue weighted by Gasteiger charge is 2.16. The zero-order valence-electron chi connectivity index (χ0n) is 16.1. The summed E-state index contributed by atoms with van der Waals surface area (Å²) in [6.07, 6.45) is 0. The molecule has 1 heterocycles.